The van der Waals surface area contributed by atoms with Crippen LogP contribution in [0.5, 0.6) is 0 Å². The fraction of sp³-hybridized carbons (Fsp3) is 0.438. The van der Waals surface area contributed by atoms with Crippen molar-refractivity contribution in [1.29, 1.82) is 5.26 Å². The Morgan fingerprint density at radius 3 is 2.56 bits per heavy atom. The monoisotopic (exact) mass is 357 g/mol. The zero-order chi connectivity index (χ0) is 18.8. The third kappa shape index (κ3) is 4.26. The average molecular weight is 357 g/mol. The van der Waals surface area contributed by atoms with Gasteiger partial charge in [-0.3, -0.25) is 9.59 Å². The molecule has 1 saturated heterocycles. The first kappa shape index (κ1) is 18.7. The third-order valence-corrected chi connectivity index (χ3v) is 3.96. The first-order chi connectivity index (χ1) is 11.6. The Morgan fingerprint density at radius 1 is 1.32 bits per heavy atom. The zero-order valence-electron chi connectivity index (χ0n) is 13.2. The standard InChI is InChI=1S/C16H15F4N3O2/c1-9(24)22-12-3-5-14(16(18,19)20)23(8-12)15(25)10-2-4-13(17)11(6-10)7-21/h2,4,6,12,14H,3,5,8H2,1H3,(H,22,24)/t12-,14+/m0/s1. The molecule has 1 aromatic rings. The molecule has 2 atom stereocenters. The number of halogens is 4. The summed E-state index contributed by atoms with van der Waals surface area (Å²) in [6, 6.07) is 1.77. The Kier molecular flexibility index (Phi) is 5.30. The van der Waals surface area contributed by atoms with Gasteiger partial charge in [-0.05, 0) is 31.0 Å². The summed E-state index contributed by atoms with van der Waals surface area (Å²) in [6.45, 7) is 0.920. The molecule has 0 saturated carbocycles. The van der Waals surface area contributed by atoms with Crippen LogP contribution in [0.15, 0.2) is 18.2 Å². The number of nitriles is 1. The van der Waals surface area contributed by atoms with E-state index in [-0.39, 0.29) is 24.9 Å². The second-order valence-electron chi connectivity index (χ2n) is 5.80. The zero-order valence-corrected chi connectivity index (χ0v) is 13.2. The van der Waals surface area contributed by atoms with E-state index in [0.29, 0.717) is 4.90 Å². The Morgan fingerprint density at radius 2 is 2.00 bits per heavy atom. The molecule has 2 rings (SSSR count). The van der Waals surface area contributed by atoms with Gasteiger partial charge in [0, 0.05) is 25.1 Å². The van der Waals surface area contributed by atoms with Gasteiger partial charge in [0.25, 0.3) is 5.91 Å². The summed E-state index contributed by atoms with van der Waals surface area (Å²) >= 11 is 0. The van der Waals surface area contributed by atoms with Crippen molar-refractivity contribution in [3.63, 3.8) is 0 Å². The van der Waals surface area contributed by atoms with Crippen LogP contribution in [0.3, 0.4) is 0 Å². The highest BCUT2D eigenvalue weighted by Gasteiger charge is 2.48. The lowest BCUT2D eigenvalue weighted by Crippen LogP contribution is -2.58. The number of nitrogens with zero attached hydrogens (tertiary/aromatic N) is 2. The number of alkyl halides is 3. The minimum atomic E-state index is -4.63. The van der Waals surface area contributed by atoms with Crippen LogP contribution in [0.2, 0.25) is 0 Å². The molecule has 1 aromatic carbocycles. The Balaban J connectivity index is 2.33. The number of rotatable bonds is 2. The van der Waals surface area contributed by atoms with Crippen molar-refractivity contribution in [2.24, 2.45) is 0 Å². The number of likely N-dealkylation sites (tertiary alicyclic amines) is 1. The summed E-state index contributed by atoms with van der Waals surface area (Å²) in [4.78, 5) is 24.3. The van der Waals surface area contributed by atoms with Crippen molar-refractivity contribution >= 4 is 11.8 Å². The molecule has 1 heterocycles. The Hall–Kier alpha value is -2.63. The topological polar surface area (TPSA) is 73.2 Å². The number of hydrogen-bond donors (Lipinski definition) is 1. The van der Waals surface area contributed by atoms with Crippen LogP contribution >= 0.6 is 0 Å². The van der Waals surface area contributed by atoms with Gasteiger partial charge in [-0.2, -0.15) is 18.4 Å². The van der Waals surface area contributed by atoms with E-state index in [1.54, 1.807) is 6.07 Å². The molecule has 0 spiro atoms. The highest BCUT2D eigenvalue weighted by atomic mass is 19.4. The van der Waals surface area contributed by atoms with E-state index in [0.717, 1.165) is 18.2 Å². The molecule has 0 unspecified atom stereocenters. The molecule has 25 heavy (non-hydrogen) atoms. The van der Waals surface area contributed by atoms with E-state index in [9.17, 15) is 27.2 Å². The fourth-order valence-corrected chi connectivity index (χ4v) is 2.85. The maximum atomic E-state index is 13.4. The van der Waals surface area contributed by atoms with Gasteiger partial charge >= 0.3 is 6.18 Å². The van der Waals surface area contributed by atoms with Gasteiger partial charge in [-0.25, -0.2) is 4.39 Å². The van der Waals surface area contributed by atoms with Crippen molar-refractivity contribution in [3.05, 3.63) is 35.1 Å². The summed E-state index contributed by atoms with van der Waals surface area (Å²) in [6.07, 6.45) is -4.90. The molecule has 0 aromatic heterocycles. The second-order valence-corrected chi connectivity index (χ2v) is 5.80. The number of piperidine rings is 1. The van der Waals surface area contributed by atoms with Crippen LogP contribution < -0.4 is 5.32 Å². The molecule has 0 radical (unpaired) electrons. The van der Waals surface area contributed by atoms with Gasteiger partial charge < -0.3 is 10.2 Å². The molecular formula is C16H15F4N3O2. The lowest BCUT2D eigenvalue weighted by Gasteiger charge is -2.40. The lowest BCUT2D eigenvalue weighted by atomic mass is 9.96. The SMILES string of the molecule is CC(=O)N[C@H]1CC[C@H](C(F)(F)F)N(C(=O)c2ccc(F)c(C#N)c2)C1. The Bertz CT molecular complexity index is 727. The first-order valence-corrected chi connectivity index (χ1v) is 7.48. The smallest absolute Gasteiger partial charge is 0.352 e. The van der Waals surface area contributed by atoms with Crippen LogP contribution in [0.25, 0.3) is 0 Å². The largest absolute Gasteiger partial charge is 0.408 e. The number of benzene rings is 1. The highest BCUT2D eigenvalue weighted by Crippen LogP contribution is 2.33. The normalized spacial score (nSPS) is 20.7. The summed E-state index contributed by atoms with van der Waals surface area (Å²) < 4.78 is 53.2. The van der Waals surface area contributed by atoms with E-state index in [1.807, 2.05) is 0 Å². The summed E-state index contributed by atoms with van der Waals surface area (Å²) in [5.41, 5.74) is -0.638. The molecule has 1 N–H and O–H groups in total. The minimum Gasteiger partial charge on any atom is -0.352 e. The summed E-state index contributed by atoms with van der Waals surface area (Å²) in [7, 11) is 0. The molecule has 9 heteroatoms. The van der Waals surface area contributed by atoms with Crippen molar-refractivity contribution in [2.45, 2.75) is 38.0 Å². The van der Waals surface area contributed by atoms with E-state index in [1.165, 1.54) is 6.92 Å². The highest BCUT2D eigenvalue weighted by molar-refractivity contribution is 5.95. The molecule has 1 fully saturated rings. The van der Waals surface area contributed by atoms with Crippen molar-refractivity contribution in [1.82, 2.24) is 10.2 Å². The Labute approximate surface area is 141 Å². The fourth-order valence-electron chi connectivity index (χ4n) is 2.85. The maximum absolute atomic E-state index is 13.4. The molecule has 5 nitrogen and oxygen atoms in total. The quantitative estimate of drug-likeness (QED) is 0.826. The van der Waals surface area contributed by atoms with Gasteiger partial charge in [0.1, 0.15) is 17.9 Å². The van der Waals surface area contributed by atoms with Crippen molar-refractivity contribution < 1.29 is 27.2 Å². The molecule has 2 amide bonds. The maximum Gasteiger partial charge on any atom is 0.408 e. The molecular weight excluding hydrogens is 342 g/mol. The van der Waals surface area contributed by atoms with E-state index < -0.39 is 41.5 Å². The average Bonchev–Trinajstić information content (AvgIpc) is 2.53. The van der Waals surface area contributed by atoms with Crippen LogP contribution in [-0.2, 0) is 4.79 Å². The van der Waals surface area contributed by atoms with Crippen LogP contribution in [0.1, 0.15) is 35.7 Å². The van der Waals surface area contributed by atoms with Crippen LogP contribution in [0.4, 0.5) is 17.6 Å². The van der Waals surface area contributed by atoms with E-state index in [2.05, 4.69) is 5.32 Å². The van der Waals surface area contributed by atoms with Crippen molar-refractivity contribution in [2.75, 3.05) is 6.54 Å². The first-order valence-electron chi connectivity index (χ1n) is 7.48. The van der Waals surface area contributed by atoms with E-state index in [4.69, 9.17) is 5.26 Å². The molecule has 134 valence electrons. The number of amides is 2. The predicted molar refractivity (Wildman–Crippen MR) is 78.8 cm³/mol. The number of carbonyl (C=O) groups is 2. The molecule has 1 aliphatic heterocycles. The van der Waals surface area contributed by atoms with Gasteiger partial charge in [-0.15, -0.1) is 0 Å². The van der Waals surface area contributed by atoms with Crippen LogP contribution in [-0.4, -0.2) is 41.5 Å². The summed E-state index contributed by atoms with van der Waals surface area (Å²) in [5.74, 6) is -2.23. The van der Waals surface area contributed by atoms with Gasteiger partial charge in [0.15, 0.2) is 0 Å². The second kappa shape index (κ2) is 7.09. The van der Waals surface area contributed by atoms with Gasteiger partial charge in [0.05, 0.1) is 5.56 Å². The van der Waals surface area contributed by atoms with Gasteiger partial charge in [-0.1, -0.05) is 0 Å². The number of carbonyl (C=O) groups excluding carboxylic acids is 2. The van der Waals surface area contributed by atoms with Crippen LogP contribution in [0, 0.1) is 17.1 Å². The molecule has 0 aliphatic carbocycles. The number of nitrogens with one attached hydrogen (secondary N) is 1. The predicted octanol–water partition coefficient (Wildman–Crippen LogP) is 2.37. The third-order valence-electron chi connectivity index (χ3n) is 3.96. The van der Waals surface area contributed by atoms with Gasteiger partial charge in [0.2, 0.25) is 5.91 Å². The number of hydrogen-bond acceptors (Lipinski definition) is 3. The van der Waals surface area contributed by atoms with Crippen molar-refractivity contribution in [3.8, 4) is 6.07 Å². The van der Waals surface area contributed by atoms with E-state index >= 15 is 0 Å². The molecule has 1 aliphatic rings. The molecule has 0 bridgehead atoms. The minimum absolute atomic E-state index is 0.0837. The summed E-state index contributed by atoms with van der Waals surface area (Å²) in [5, 5.41) is 11.3. The lowest BCUT2D eigenvalue weighted by molar-refractivity contribution is -0.184.